The molecule has 1 fully saturated rings. The molecule has 0 amide bonds. The van der Waals surface area contributed by atoms with E-state index in [2.05, 4.69) is 26.0 Å². The first-order valence-corrected chi connectivity index (χ1v) is 4.46. The van der Waals surface area contributed by atoms with Gasteiger partial charge in [0.25, 0.3) is 0 Å². The Kier molecular flexibility index (Phi) is 1.83. The first-order chi connectivity index (χ1) is 5.83. The van der Waals surface area contributed by atoms with Crippen LogP contribution in [-0.4, -0.2) is 15.0 Å². The molecule has 1 aromatic rings. The Labute approximate surface area is 74.2 Å². The molecule has 1 aliphatic rings. The predicted octanol–water partition coefficient (Wildman–Crippen LogP) is 0.831. The van der Waals surface area contributed by atoms with E-state index in [0.29, 0.717) is 0 Å². The van der Waals surface area contributed by atoms with Gasteiger partial charge in [0.1, 0.15) is 13.6 Å². The molecule has 62 valence electrons. The third-order valence-electron chi connectivity index (χ3n) is 2.46. The maximum atomic E-state index is 5.38. The van der Waals surface area contributed by atoms with Gasteiger partial charge in [-0.05, 0) is 29.8 Å². The average molecular weight is 160 g/mol. The van der Waals surface area contributed by atoms with Crippen LogP contribution in [0.3, 0.4) is 0 Å². The van der Waals surface area contributed by atoms with Crippen LogP contribution in [0.4, 0.5) is 0 Å². The summed E-state index contributed by atoms with van der Waals surface area (Å²) in [7, 11) is 3.86. The van der Waals surface area contributed by atoms with E-state index in [1.807, 2.05) is 0 Å². The van der Waals surface area contributed by atoms with Crippen LogP contribution in [-0.2, 0) is 0 Å². The molecule has 2 rings (SSSR count). The molecule has 12 heavy (non-hydrogen) atoms. The highest BCUT2D eigenvalue weighted by Gasteiger charge is 2.26. The largest absolute Gasteiger partial charge is 0.497 e. The molecule has 0 N–H and O–H groups in total. The van der Waals surface area contributed by atoms with Crippen molar-refractivity contribution in [3.8, 4) is 5.75 Å². The summed E-state index contributed by atoms with van der Waals surface area (Å²) in [4.78, 5) is 0. The molecule has 0 atom stereocenters. The van der Waals surface area contributed by atoms with E-state index in [1.165, 1.54) is 23.9 Å². The first-order valence-electron chi connectivity index (χ1n) is 4.46. The van der Waals surface area contributed by atoms with Gasteiger partial charge in [0.15, 0.2) is 0 Å². The van der Waals surface area contributed by atoms with Gasteiger partial charge in [-0.2, -0.15) is 0 Å². The molecule has 0 aliphatic heterocycles. The van der Waals surface area contributed by atoms with Crippen LogP contribution in [0.2, 0.25) is 0 Å². The number of rotatable bonds is 2. The lowest BCUT2D eigenvalue weighted by atomic mass is 9.91. The Balaban J connectivity index is 2.43. The standard InChI is InChI=1S/C10H13BO/c1-12-10-8(7-5-6-7)3-2-4-9(10)11/h2-4,7H,5-6,11H2,1H3. The van der Waals surface area contributed by atoms with Gasteiger partial charge in [0.2, 0.25) is 0 Å². The first kappa shape index (κ1) is 7.72. The maximum absolute atomic E-state index is 5.38. The predicted molar refractivity (Wildman–Crippen MR) is 53.1 cm³/mol. The Morgan fingerprint density at radius 3 is 2.75 bits per heavy atom. The average Bonchev–Trinajstić information content (AvgIpc) is 2.86. The zero-order valence-corrected chi connectivity index (χ0v) is 7.63. The molecule has 0 spiro atoms. The summed E-state index contributed by atoms with van der Waals surface area (Å²) >= 11 is 0. The summed E-state index contributed by atoms with van der Waals surface area (Å²) in [5.41, 5.74) is 2.65. The van der Waals surface area contributed by atoms with E-state index in [4.69, 9.17) is 4.74 Å². The number of ether oxygens (including phenoxy) is 1. The monoisotopic (exact) mass is 160 g/mol. The molecule has 1 aliphatic carbocycles. The van der Waals surface area contributed by atoms with Crippen molar-refractivity contribution >= 4 is 13.3 Å². The summed E-state index contributed by atoms with van der Waals surface area (Å²) in [5.74, 6) is 1.87. The topological polar surface area (TPSA) is 9.23 Å². The molecule has 0 bridgehead atoms. The Hall–Kier alpha value is -0.915. The van der Waals surface area contributed by atoms with Crippen LogP contribution < -0.4 is 10.2 Å². The van der Waals surface area contributed by atoms with Gasteiger partial charge < -0.3 is 4.74 Å². The van der Waals surface area contributed by atoms with Gasteiger partial charge >= 0.3 is 0 Å². The van der Waals surface area contributed by atoms with Gasteiger partial charge in [-0.3, -0.25) is 0 Å². The molecule has 0 radical (unpaired) electrons. The van der Waals surface area contributed by atoms with Crippen molar-refractivity contribution in [2.45, 2.75) is 18.8 Å². The smallest absolute Gasteiger partial charge is 0.144 e. The van der Waals surface area contributed by atoms with E-state index >= 15 is 0 Å². The van der Waals surface area contributed by atoms with E-state index in [-0.39, 0.29) is 0 Å². The highest BCUT2D eigenvalue weighted by Crippen LogP contribution is 2.43. The highest BCUT2D eigenvalue weighted by molar-refractivity contribution is 6.34. The van der Waals surface area contributed by atoms with Gasteiger partial charge in [0.05, 0.1) is 7.11 Å². The van der Waals surface area contributed by atoms with Crippen molar-refractivity contribution in [1.82, 2.24) is 0 Å². The minimum absolute atomic E-state index is 0.778. The molecule has 0 heterocycles. The second-order valence-corrected chi connectivity index (χ2v) is 3.47. The van der Waals surface area contributed by atoms with Crippen LogP contribution in [0.1, 0.15) is 24.3 Å². The third kappa shape index (κ3) is 1.22. The highest BCUT2D eigenvalue weighted by atomic mass is 16.5. The van der Waals surface area contributed by atoms with Crippen LogP contribution in [0, 0.1) is 0 Å². The van der Waals surface area contributed by atoms with Crippen molar-refractivity contribution in [2.75, 3.05) is 7.11 Å². The van der Waals surface area contributed by atoms with Crippen LogP contribution in [0.5, 0.6) is 5.75 Å². The fourth-order valence-electron chi connectivity index (χ4n) is 1.67. The Morgan fingerprint density at radius 1 is 1.42 bits per heavy atom. The number of hydrogen-bond donors (Lipinski definition) is 0. The molecule has 1 nitrogen and oxygen atoms in total. The molecular weight excluding hydrogens is 147 g/mol. The van der Waals surface area contributed by atoms with Gasteiger partial charge in [-0.15, -0.1) is 0 Å². The van der Waals surface area contributed by atoms with Crippen molar-refractivity contribution in [2.24, 2.45) is 0 Å². The quantitative estimate of drug-likeness (QED) is 0.582. The fraction of sp³-hybridized carbons (Fsp3) is 0.400. The summed E-state index contributed by atoms with van der Waals surface area (Å²) in [6, 6.07) is 6.40. The lowest BCUT2D eigenvalue weighted by Crippen LogP contribution is -2.08. The summed E-state index contributed by atoms with van der Waals surface area (Å²) < 4.78 is 5.38. The maximum Gasteiger partial charge on any atom is 0.144 e. The van der Waals surface area contributed by atoms with Crippen molar-refractivity contribution in [3.63, 3.8) is 0 Å². The normalized spacial score (nSPS) is 16.1. The van der Waals surface area contributed by atoms with E-state index < -0.39 is 0 Å². The minimum atomic E-state index is 0.778. The number of hydrogen-bond acceptors (Lipinski definition) is 1. The second-order valence-electron chi connectivity index (χ2n) is 3.47. The minimum Gasteiger partial charge on any atom is -0.497 e. The summed E-state index contributed by atoms with van der Waals surface area (Å²) in [6.07, 6.45) is 2.67. The molecule has 0 unspecified atom stereocenters. The van der Waals surface area contributed by atoms with Crippen molar-refractivity contribution in [1.29, 1.82) is 0 Å². The van der Waals surface area contributed by atoms with E-state index in [9.17, 15) is 0 Å². The Morgan fingerprint density at radius 2 is 2.17 bits per heavy atom. The van der Waals surface area contributed by atoms with Gasteiger partial charge in [-0.25, -0.2) is 0 Å². The lowest BCUT2D eigenvalue weighted by molar-refractivity contribution is 0.413. The molecule has 1 aromatic carbocycles. The zero-order valence-electron chi connectivity index (χ0n) is 7.63. The second kappa shape index (κ2) is 2.85. The SMILES string of the molecule is Bc1cccc(C2CC2)c1OC. The molecule has 2 heteroatoms. The number of para-hydroxylation sites is 1. The van der Waals surface area contributed by atoms with Crippen LogP contribution >= 0.6 is 0 Å². The molecular formula is C10H13BO. The fourth-order valence-corrected chi connectivity index (χ4v) is 1.67. The molecule has 0 saturated heterocycles. The molecule has 1 saturated carbocycles. The number of methoxy groups -OCH3 is 1. The summed E-state index contributed by atoms with van der Waals surface area (Å²) in [5, 5.41) is 0. The van der Waals surface area contributed by atoms with Gasteiger partial charge in [-0.1, -0.05) is 18.2 Å². The summed E-state index contributed by atoms with van der Waals surface area (Å²) in [6.45, 7) is 0. The van der Waals surface area contributed by atoms with Crippen molar-refractivity contribution in [3.05, 3.63) is 23.8 Å². The van der Waals surface area contributed by atoms with Crippen LogP contribution in [0.15, 0.2) is 18.2 Å². The van der Waals surface area contributed by atoms with Crippen LogP contribution in [0.25, 0.3) is 0 Å². The lowest BCUT2D eigenvalue weighted by Gasteiger charge is -2.09. The third-order valence-corrected chi connectivity index (χ3v) is 2.46. The number of benzene rings is 1. The van der Waals surface area contributed by atoms with Gasteiger partial charge in [0, 0.05) is 0 Å². The zero-order chi connectivity index (χ0) is 8.55. The van der Waals surface area contributed by atoms with E-state index in [1.54, 1.807) is 7.11 Å². The Bertz CT molecular complexity index is 292. The van der Waals surface area contributed by atoms with E-state index in [0.717, 1.165) is 11.7 Å². The molecule has 0 aromatic heterocycles. The van der Waals surface area contributed by atoms with Crippen molar-refractivity contribution < 1.29 is 4.74 Å².